The zero-order chi connectivity index (χ0) is 19.2. The molecule has 2 aromatic carbocycles. The highest BCUT2D eigenvalue weighted by atomic mass is 16.2. The van der Waals surface area contributed by atoms with Gasteiger partial charge in [-0.05, 0) is 36.0 Å². The van der Waals surface area contributed by atoms with Gasteiger partial charge in [0.05, 0.1) is 5.92 Å². The van der Waals surface area contributed by atoms with Crippen LogP contribution < -0.4 is 10.2 Å². The smallest absolute Gasteiger partial charge is 0.227 e. The first kappa shape index (κ1) is 19.2. The summed E-state index contributed by atoms with van der Waals surface area (Å²) in [5.74, 6) is -0.245. The standard InChI is InChI=1S/C23H28N2O2/c1-3-18-11-8-12-19(4-2)22(18)25-16-20(15-21(25)26)23(27)24-14-13-17-9-6-5-7-10-17/h5-12,20H,3-4,13-16H2,1-2H3,(H,24,27). The SMILES string of the molecule is CCc1cccc(CC)c1N1CC(C(=O)NCCc2ccccc2)CC1=O. The maximum absolute atomic E-state index is 12.7. The molecule has 0 radical (unpaired) electrons. The molecular weight excluding hydrogens is 336 g/mol. The predicted molar refractivity (Wildman–Crippen MR) is 109 cm³/mol. The number of benzene rings is 2. The van der Waals surface area contributed by atoms with Crippen molar-refractivity contribution in [1.82, 2.24) is 5.32 Å². The molecule has 1 fully saturated rings. The van der Waals surface area contributed by atoms with Crippen LogP contribution in [0.2, 0.25) is 0 Å². The summed E-state index contributed by atoms with van der Waals surface area (Å²) in [6.07, 6.45) is 2.84. The van der Waals surface area contributed by atoms with Crippen LogP contribution in [0.5, 0.6) is 0 Å². The van der Waals surface area contributed by atoms with E-state index in [2.05, 4.69) is 49.5 Å². The molecule has 4 nitrogen and oxygen atoms in total. The average Bonchev–Trinajstić information content (AvgIpc) is 3.09. The molecule has 2 amide bonds. The summed E-state index contributed by atoms with van der Waals surface area (Å²) >= 11 is 0. The maximum Gasteiger partial charge on any atom is 0.227 e. The van der Waals surface area contributed by atoms with E-state index in [-0.39, 0.29) is 17.7 Å². The van der Waals surface area contributed by atoms with Crippen LogP contribution in [0, 0.1) is 5.92 Å². The van der Waals surface area contributed by atoms with Gasteiger partial charge in [0.1, 0.15) is 0 Å². The molecule has 0 saturated carbocycles. The van der Waals surface area contributed by atoms with Crippen LogP contribution in [-0.2, 0) is 28.9 Å². The molecule has 1 heterocycles. The van der Waals surface area contributed by atoms with Gasteiger partial charge in [0.15, 0.2) is 0 Å². The third-order valence-corrected chi connectivity index (χ3v) is 5.29. The Hall–Kier alpha value is -2.62. The lowest BCUT2D eigenvalue weighted by Crippen LogP contribution is -2.34. The normalized spacial score (nSPS) is 16.6. The first-order valence-electron chi connectivity index (χ1n) is 9.86. The van der Waals surface area contributed by atoms with Gasteiger partial charge in [-0.25, -0.2) is 0 Å². The van der Waals surface area contributed by atoms with E-state index in [1.54, 1.807) is 0 Å². The van der Waals surface area contributed by atoms with Crippen molar-refractivity contribution >= 4 is 17.5 Å². The number of carbonyl (C=O) groups is 2. The van der Waals surface area contributed by atoms with E-state index in [9.17, 15) is 9.59 Å². The molecule has 0 aromatic heterocycles. The van der Waals surface area contributed by atoms with Gasteiger partial charge in [-0.1, -0.05) is 62.4 Å². The Labute approximate surface area is 161 Å². The predicted octanol–water partition coefficient (Wildman–Crippen LogP) is 3.52. The summed E-state index contributed by atoms with van der Waals surface area (Å²) in [6.45, 7) is 5.28. The third kappa shape index (κ3) is 4.38. The summed E-state index contributed by atoms with van der Waals surface area (Å²) in [5, 5.41) is 3.01. The largest absolute Gasteiger partial charge is 0.355 e. The highest BCUT2D eigenvalue weighted by Gasteiger charge is 2.36. The lowest BCUT2D eigenvalue weighted by Gasteiger charge is -2.23. The highest BCUT2D eigenvalue weighted by molar-refractivity contribution is 6.01. The average molecular weight is 364 g/mol. The number of hydrogen-bond donors (Lipinski definition) is 1. The molecule has 3 rings (SSSR count). The van der Waals surface area contributed by atoms with Crippen LogP contribution in [0.25, 0.3) is 0 Å². The Bertz CT molecular complexity index is 779. The second kappa shape index (κ2) is 8.85. The highest BCUT2D eigenvalue weighted by Crippen LogP contribution is 2.32. The van der Waals surface area contributed by atoms with E-state index < -0.39 is 0 Å². The zero-order valence-electron chi connectivity index (χ0n) is 16.2. The van der Waals surface area contributed by atoms with Crippen molar-refractivity contribution in [2.24, 2.45) is 5.92 Å². The summed E-state index contributed by atoms with van der Waals surface area (Å²) in [4.78, 5) is 27.1. The minimum absolute atomic E-state index is 0.0196. The molecule has 1 aliphatic heterocycles. The number of anilines is 1. The zero-order valence-corrected chi connectivity index (χ0v) is 16.2. The second-order valence-corrected chi connectivity index (χ2v) is 7.06. The van der Waals surface area contributed by atoms with Gasteiger partial charge < -0.3 is 10.2 Å². The van der Waals surface area contributed by atoms with Crippen molar-refractivity contribution in [3.05, 3.63) is 65.2 Å². The van der Waals surface area contributed by atoms with Gasteiger partial charge >= 0.3 is 0 Å². The minimum atomic E-state index is -0.275. The summed E-state index contributed by atoms with van der Waals surface area (Å²) < 4.78 is 0. The van der Waals surface area contributed by atoms with Crippen LogP contribution in [0.3, 0.4) is 0 Å². The quantitative estimate of drug-likeness (QED) is 0.817. The molecule has 1 saturated heterocycles. The van der Waals surface area contributed by atoms with E-state index in [0.717, 1.165) is 24.9 Å². The van der Waals surface area contributed by atoms with Crippen molar-refractivity contribution < 1.29 is 9.59 Å². The van der Waals surface area contributed by atoms with Gasteiger partial charge in [-0.15, -0.1) is 0 Å². The van der Waals surface area contributed by atoms with Crippen LogP contribution in [0.1, 0.15) is 37.0 Å². The van der Waals surface area contributed by atoms with Gasteiger partial charge in [0.2, 0.25) is 11.8 Å². The Morgan fingerprint density at radius 2 is 1.70 bits per heavy atom. The Kier molecular flexibility index (Phi) is 6.28. The Balaban J connectivity index is 1.64. The number of aryl methyl sites for hydroxylation is 2. The first-order chi connectivity index (χ1) is 13.1. The molecular formula is C23H28N2O2. The summed E-state index contributed by atoms with van der Waals surface area (Å²) in [5.41, 5.74) is 4.57. The number of rotatable bonds is 7. The Morgan fingerprint density at radius 1 is 1.04 bits per heavy atom. The molecule has 1 aliphatic rings. The van der Waals surface area contributed by atoms with Crippen LogP contribution in [0.4, 0.5) is 5.69 Å². The molecule has 142 valence electrons. The van der Waals surface area contributed by atoms with Gasteiger partial charge in [-0.2, -0.15) is 0 Å². The van der Waals surface area contributed by atoms with Gasteiger partial charge in [0.25, 0.3) is 0 Å². The summed E-state index contributed by atoms with van der Waals surface area (Å²) in [7, 11) is 0. The maximum atomic E-state index is 12.7. The van der Waals surface area contributed by atoms with Crippen LogP contribution in [-0.4, -0.2) is 24.9 Å². The molecule has 0 bridgehead atoms. The van der Waals surface area contributed by atoms with E-state index in [1.165, 1.54) is 16.7 Å². The molecule has 1 N–H and O–H groups in total. The number of nitrogens with one attached hydrogen (secondary N) is 1. The van der Waals surface area contributed by atoms with Crippen LogP contribution >= 0.6 is 0 Å². The van der Waals surface area contributed by atoms with Crippen molar-refractivity contribution in [3.8, 4) is 0 Å². The fourth-order valence-electron chi connectivity index (χ4n) is 3.78. The molecule has 27 heavy (non-hydrogen) atoms. The van der Waals surface area contributed by atoms with Crippen molar-refractivity contribution in [2.75, 3.05) is 18.0 Å². The lowest BCUT2D eigenvalue weighted by atomic mass is 10.0. The monoisotopic (exact) mass is 364 g/mol. The van der Waals surface area contributed by atoms with E-state index in [1.807, 2.05) is 23.1 Å². The van der Waals surface area contributed by atoms with Crippen molar-refractivity contribution in [2.45, 2.75) is 39.5 Å². The van der Waals surface area contributed by atoms with Crippen molar-refractivity contribution in [1.29, 1.82) is 0 Å². The minimum Gasteiger partial charge on any atom is -0.355 e. The third-order valence-electron chi connectivity index (χ3n) is 5.29. The fourth-order valence-corrected chi connectivity index (χ4v) is 3.78. The van der Waals surface area contributed by atoms with Gasteiger partial charge in [0, 0.05) is 25.2 Å². The fraction of sp³-hybridized carbons (Fsp3) is 0.391. The lowest BCUT2D eigenvalue weighted by molar-refractivity contribution is -0.126. The molecule has 0 aliphatic carbocycles. The molecule has 1 atom stereocenters. The second-order valence-electron chi connectivity index (χ2n) is 7.06. The summed E-state index contributed by atoms with van der Waals surface area (Å²) in [6, 6.07) is 16.3. The topological polar surface area (TPSA) is 49.4 Å². The number of para-hydroxylation sites is 1. The first-order valence-corrected chi connectivity index (χ1v) is 9.86. The van der Waals surface area contributed by atoms with E-state index in [4.69, 9.17) is 0 Å². The number of carbonyl (C=O) groups excluding carboxylic acids is 2. The number of hydrogen-bond acceptors (Lipinski definition) is 2. The molecule has 1 unspecified atom stereocenters. The Morgan fingerprint density at radius 3 is 2.33 bits per heavy atom. The van der Waals surface area contributed by atoms with E-state index in [0.29, 0.717) is 19.5 Å². The number of nitrogens with zero attached hydrogens (tertiary/aromatic N) is 1. The molecule has 0 spiro atoms. The molecule has 2 aromatic rings. The van der Waals surface area contributed by atoms with Gasteiger partial charge in [-0.3, -0.25) is 9.59 Å². The van der Waals surface area contributed by atoms with Crippen molar-refractivity contribution in [3.63, 3.8) is 0 Å². The number of amides is 2. The molecule has 4 heteroatoms. The van der Waals surface area contributed by atoms with E-state index >= 15 is 0 Å². The van der Waals surface area contributed by atoms with Crippen LogP contribution in [0.15, 0.2) is 48.5 Å².